The topological polar surface area (TPSA) is 71.2 Å². The van der Waals surface area contributed by atoms with E-state index in [1.54, 1.807) is 11.3 Å². The van der Waals surface area contributed by atoms with Gasteiger partial charge in [0.15, 0.2) is 5.13 Å². The van der Waals surface area contributed by atoms with Crippen LogP contribution < -0.4 is 11.1 Å². The lowest BCUT2D eigenvalue weighted by Crippen LogP contribution is -2.44. The van der Waals surface area contributed by atoms with Gasteiger partial charge in [-0.05, 0) is 19.4 Å². The van der Waals surface area contributed by atoms with E-state index in [2.05, 4.69) is 15.2 Å². The van der Waals surface area contributed by atoms with Crippen molar-refractivity contribution in [2.75, 3.05) is 18.8 Å². The molecule has 2 unspecified atom stereocenters. The van der Waals surface area contributed by atoms with Crippen LogP contribution in [0.1, 0.15) is 30.6 Å². The maximum absolute atomic E-state index is 11.4. The number of nitrogen functional groups attached to an aromatic ring is 1. The van der Waals surface area contributed by atoms with Gasteiger partial charge in [0.1, 0.15) is 0 Å². The van der Waals surface area contributed by atoms with E-state index in [0.717, 1.165) is 19.6 Å². The molecule has 7 heteroatoms. The highest BCUT2D eigenvalue weighted by Crippen LogP contribution is 2.29. The Morgan fingerprint density at radius 2 is 2.35 bits per heavy atom. The van der Waals surface area contributed by atoms with Crippen molar-refractivity contribution in [3.05, 3.63) is 11.1 Å². The molecule has 3 heterocycles. The standard InChI is InChI=1S/C13H20N4OS.ClH/c14-13-16-7-10(19-13)8-17-4-2-1-3-11(17)9-5-12(18)15-6-9;/h7,9,11H,1-6,8H2,(H2,14,16)(H,15,18);1H. The van der Waals surface area contributed by atoms with Gasteiger partial charge in [-0.3, -0.25) is 9.69 Å². The van der Waals surface area contributed by atoms with Crippen LogP contribution in [-0.4, -0.2) is 34.9 Å². The maximum atomic E-state index is 11.4. The van der Waals surface area contributed by atoms with Crippen LogP contribution in [0, 0.1) is 5.92 Å². The van der Waals surface area contributed by atoms with E-state index < -0.39 is 0 Å². The van der Waals surface area contributed by atoms with E-state index in [9.17, 15) is 4.79 Å². The lowest BCUT2D eigenvalue weighted by atomic mass is 9.89. The minimum Gasteiger partial charge on any atom is -0.375 e. The summed E-state index contributed by atoms with van der Waals surface area (Å²) in [6.45, 7) is 2.88. The number of thiazole rings is 1. The number of likely N-dealkylation sites (tertiary alicyclic amines) is 1. The van der Waals surface area contributed by atoms with Gasteiger partial charge in [-0.15, -0.1) is 23.7 Å². The van der Waals surface area contributed by atoms with Gasteiger partial charge in [0.25, 0.3) is 0 Å². The molecule has 3 N–H and O–H groups in total. The first kappa shape index (κ1) is 15.5. The van der Waals surface area contributed by atoms with E-state index in [0.29, 0.717) is 23.5 Å². The molecular formula is C13H21ClN4OS. The lowest BCUT2D eigenvalue weighted by Gasteiger charge is -2.38. The van der Waals surface area contributed by atoms with Crippen LogP contribution >= 0.6 is 23.7 Å². The molecule has 1 aromatic rings. The van der Waals surface area contributed by atoms with Crippen LogP contribution in [0.15, 0.2) is 6.20 Å². The summed E-state index contributed by atoms with van der Waals surface area (Å²) in [5.74, 6) is 0.677. The van der Waals surface area contributed by atoms with Gasteiger partial charge in [-0.1, -0.05) is 6.42 Å². The summed E-state index contributed by atoms with van der Waals surface area (Å²) >= 11 is 1.57. The zero-order valence-electron chi connectivity index (χ0n) is 11.4. The largest absolute Gasteiger partial charge is 0.375 e. The first-order valence-electron chi connectivity index (χ1n) is 6.93. The van der Waals surface area contributed by atoms with Crippen LogP contribution in [0.3, 0.4) is 0 Å². The summed E-state index contributed by atoms with van der Waals surface area (Å²) in [5.41, 5.74) is 5.69. The third kappa shape index (κ3) is 3.42. The number of rotatable bonds is 3. The van der Waals surface area contributed by atoms with Crippen molar-refractivity contribution in [1.82, 2.24) is 15.2 Å². The Hall–Kier alpha value is -0.850. The normalized spacial score (nSPS) is 27.1. The fourth-order valence-corrected chi connectivity index (χ4v) is 3.95. The number of hydrogen-bond acceptors (Lipinski definition) is 5. The summed E-state index contributed by atoms with van der Waals surface area (Å²) in [4.78, 5) is 19.3. The Morgan fingerprint density at radius 3 is 3.00 bits per heavy atom. The van der Waals surface area contributed by atoms with Gasteiger partial charge in [0.05, 0.1) is 0 Å². The van der Waals surface area contributed by atoms with E-state index in [1.165, 1.54) is 24.1 Å². The second-order valence-electron chi connectivity index (χ2n) is 5.47. The molecule has 0 aromatic carbocycles. The SMILES string of the molecule is Cl.Nc1ncc(CN2CCCCC2C2CNC(=O)C2)s1. The number of carbonyl (C=O) groups excluding carboxylic acids is 1. The molecule has 1 aromatic heterocycles. The Morgan fingerprint density at radius 1 is 1.50 bits per heavy atom. The molecule has 2 atom stereocenters. The monoisotopic (exact) mass is 316 g/mol. The fraction of sp³-hybridized carbons (Fsp3) is 0.692. The van der Waals surface area contributed by atoms with E-state index in [-0.39, 0.29) is 18.3 Å². The predicted molar refractivity (Wildman–Crippen MR) is 82.9 cm³/mol. The van der Waals surface area contributed by atoms with Crippen molar-refractivity contribution in [1.29, 1.82) is 0 Å². The van der Waals surface area contributed by atoms with Crippen LogP contribution in [0.4, 0.5) is 5.13 Å². The zero-order chi connectivity index (χ0) is 13.2. The first-order chi connectivity index (χ1) is 9.22. The van der Waals surface area contributed by atoms with Gasteiger partial charge < -0.3 is 11.1 Å². The van der Waals surface area contributed by atoms with Gasteiger partial charge in [0, 0.05) is 42.5 Å². The van der Waals surface area contributed by atoms with E-state index in [1.807, 2.05) is 6.20 Å². The zero-order valence-corrected chi connectivity index (χ0v) is 13.0. The molecule has 2 saturated heterocycles. The van der Waals surface area contributed by atoms with Crippen LogP contribution in [0.25, 0.3) is 0 Å². The molecule has 1 amide bonds. The molecule has 20 heavy (non-hydrogen) atoms. The van der Waals surface area contributed by atoms with Crippen LogP contribution in [0.2, 0.25) is 0 Å². The molecule has 2 fully saturated rings. The van der Waals surface area contributed by atoms with Crippen molar-refractivity contribution in [3.8, 4) is 0 Å². The molecule has 2 aliphatic rings. The summed E-state index contributed by atoms with van der Waals surface area (Å²) < 4.78 is 0. The third-order valence-corrected chi connectivity index (χ3v) is 4.96. The van der Waals surface area contributed by atoms with Gasteiger partial charge in [-0.25, -0.2) is 4.98 Å². The highest BCUT2D eigenvalue weighted by Gasteiger charge is 2.34. The van der Waals surface area contributed by atoms with Crippen molar-refractivity contribution < 1.29 is 4.79 Å². The number of hydrogen-bond donors (Lipinski definition) is 2. The molecule has 112 valence electrons. The molecule has 3 rings (SSSR count). The van der Waals surface area contributed by atoms with Gasteiger partial charge >= 0.3 is 0 Å². The molecule has 0 saturated carbocycles. The predicted octanol–water partition coefficient (Wildman–Crippen LogP) is 1.64. The molecule has 0 bridgehead atoms. The number of carbonyl (C=O) groups is 1. The number of nitrogens with one attached hydrogen (secondary N) is 1. The van der Waals surface area contributed by atoms with Crippen molar-refractivity contribution in [3.63, 3.8) is 0 Å². The second kappa shape index (κ2) is 6.74. The van der Waals surface area contributed by atoms with Crippen LogP contribution in [0.5, 0.6) is 0 Å². The summed E-state index contributed by atoms with van der Waals surface area (Å²) in [5, 5.41) is 3.60. The molecule has 0 spiro atoms. The minimum atomic E-state index is 0. The minimum absolute atomic E-state index is 0. The summed E-state index contributed by atoms with van der Waals surface area (Å²) in [6.07, 6.45) is 6.29. The molecule has 0 radical (unpaired) electrons. The fourth-order valence-electron chi connectivity index (χ4n) is 3.24. The lowest BCUT2D eigenvalue weighted by molar-refractivity contribution is -0.119. The number of nitrogens with zero attached hydrogens (tertiary/aromatic N) is 2. The number of piperidine rings is 1. The van der Waals surface area contributed by atoms with Crippen LogP contribution in [-0.2, 0) is 11.3 Å². The van der Waals surface area contributed by atoms with Gasteiger partial charge in [0.2, 0.25) is 5.91 Å². The number of nitrogens with two attached hydrogens (primary N) is 1. The molecular weight excluding hydrogens is 296 g/mol. The van der Waals surface area contributed by atoms with Crippen molar-refractivity contribution >= 4 is 34.8 Å². The third-order valence-electron chi connectivity index (χ3n) is 4.15. The van der Waals surface area contributed by atoms with E-state index in [4.69, 9.17) is 5.73 Å². The quantitative estimate of drug-likeness (QED) is 0.889. The summed E-state index contributed by atoms with van der Waals surface area (Å²) in [6, 6.07) is 0.524. The second-order valence-corrected chi connectivity index (χ2v) is 6.61. The molecule has 2 aliphatic heterocycles. The Kier molecular flexibility index (Phi) is 5.23. The highest BCUT2D eigenvalue weighted by molar-refractivity contribution is 7.15. The highest BCUT2D eigenvalue weighted by atomic mass is 35.5. The van der Waals surface area contributed by atoms with Crippen molar-refractivity contribution in [2.45, 2.75) is 38.3 Å². The number of aromatic nitrogens is 1. The van der Waals surface area contributed by atoms with Gasteiger partial charge in [-0.2, -0.15) is 0 Å². The Labute approximate surface area is 129 Å². The molecule has 0 aliphatic carbocycles. The average Bonchev–Trinajstić information content (AvgIpc) is 2.99. The number of halogens is 1. The van der Waals surface area contributed by atoms with Crippen molar-refractivity contribution in [2.24, 2.45) is 5.92 Å². The van der Waals surface area contributed by atoms with E-state index >= 15 is 0 Å². The maximum Gasteiger partial charge on any atom is 0.220 e. The number of anilines is 1. The first-order valence-corrected chi connectivity index (χ1v) is 7.75. The number of amides is 1. The molecule has 5 nitrogen and oxygen atoms in total. The summed E-state index contributed by atoms with van der Waals surface area (Å²) in [7, 11) is 0. The Balaban J connectivity index is 0.00000147. The Bertz CT molecular complexity index is 467. The smallest absolute Gasteiger partial charge is 0.220 e. The average molecular weight is 317 g/mol.